The van der Waals surface area contributed by atoms with E-state index in [9.17, 15) is 14.3 Å². The third-order valence-corrected chi connectivity index (χ3v) is 2.88. The molecule has 0 aliphatic rings. The molecule has 5 nitrogen and oxygen atoms in total. The van der Waals surface area contributed by atoms with E-state index in [1.165, 1.54) is 25.1 Å². The van der Waals surface area contributed by atoms with Gasteiger partial charge in [0.15, 0.2) is 6.61 Å². The first kappa shape index (κ1) is 15.9. The van der Waals surface area contributed by atoms with Crippen molar-refractivity contribution in [2.45, 2.75) is 12.5 Å². The van der Waals surface area contributed by atoms with E-state index in [-0.39, 0.29) is 13.2 Å². The molecule has 0 spiro atoms. The maximum atomic E-state index is 12.8. The summed E-state index contributed by atoms with van der Waals surface area (Å²) in [5.74, 6) is -0.530. The van der Waals surface area contributed by atoms with Crippen molar-refractivity contribution < 1.29 is 24.1 Å². The summed E-state index contributed by atoms with van der Waals surface area (Å²) in [6.07, 6.45) is 0. The number of hydrogen-bond acceptors (Lipinski definition) is 4. The summed E-state index contributed by atoms with van der Waals surface area (Å²) in [6.45, 7) is 0.574. The highest BCUT2D eigenvalue weighted by molar-refractivity contribution is 9.10. The van der Waals surface area contributed by atoms with E-state index >= 15 is 0 Å². The van der Waals surface area contributed by atoms with Gasteiger partial charge in [-0.2, -0.15) is 0 Å². The second-order valence-corrected chi connectivity index (χ2v) is 5.15. The van der Waals surface area contributed by atoms with Crippen LogP contribution in [0, 0.1) is 5.82 Å². The molecule has 0 fully saturated rings. The van der Waals surface area contributed by atoms with E-state index in [0.29, 0.717) is 10.2 Å². The van der Waals surface area contributed by atoms with E-state index < -0.39 is 23.9 Å². The molecule has 1 rings (SSSR count). The number of halogens is 2. The third-order valence-electron chi connectivity index (χ3n) is 2.26. The van der Waals surface area contributed by atoms with Gasteiger partial charge < -0.3 is 20.3 Å². The van der Waals surface area contributed by atoms with Crippen LogP contribution in [0.4, 0.5) is 4.39 Å². The number of aliphatic hydroxyl groups is 2. The first-order valence-electron chi connectivity index (χ1n) is 5.52. The monoisotopic (exact) mass is 335 g/mol. The molecule has 1 unspecified atom stereocenters. The maximum absolute atomic E-state index is 12.8. The molecule has 0 aromatic heterocycles. The summed E-state index contributed by atoms with van der Waals surface area (Å²) in [7, 11) is 0. The highest BCUT2D eigenvalue weighted by Crippen LogP contribution is 2.25. The lowest BCUT2D eigenvalue weighted by Crippen LogP contribution is -2.44. The van der Waals surface area contributed by atoms with Gasteiger partial charge in [0.05, 0.1) is 11.1 Å². The molecule has 0 bridgehead atoms. The number of rotatable bonds is 6. The predicted octanol–water partition coefficient (Wildman–Crippen LogP) is 0.826. The minimum absolute atomic E-state index is 0.0870. The lowest BCUT2D eigenvalue weighted by Gasteiger charge is -2.20. The molecule has 1 aromatic carbocycles. The molecular weight excluding hydrogens is 321 g/mol. The fourth-order valence-electron chi connectivity index (χ4n) is 1.13. The largest absolute Gasteiger partial charge is 0.483 e. The summed E-state index contributed by atoms with van der Waals surface area (Å²) in [5, 5.41) is 20.7. The number of amides is 1. The van der Waals surface area contributed by atoms with Crippen LogP contribution in [-0.2, 0) is 4.79 Å². The van der Waals surface area contributed by atoms with E-state index in [0.717, 1.165) is 0 Å². The number of nitrogens with one attached hydrogen (secondary N) is 1. The minimum Gasteiger partial charge on any atom is -0.483 e. The lowest BCUT2D eigenvalue weighted by atomic mass is 10.1. The maximum Gasteiger partial charge on any atom is 0.258 e. The zero-order valence-corrected chi connectivity index (χ0v) is 11.9. The molecule has 0 saturated carbocycles. The van der Waals surface area contributed by atoms with Gasteiger partial charge >= 0.3 is 0 Å². The van der Waals surface area contributed by atoms with E-state index in [4.69, 9.17) is 9.84 Å². The Kier molecular flexibility index (Phi) is 5.71. The summed E-state index contributed by atoms with van der Waals surface area (Å²) in [4.78, 5) is 11.4. The van der Waals surface area contributed by atoms with Gasteiger partial charge in [-0.15, -0.1) is 0 Å². The summed E-state index contributed by atoms with van der Waals surface area (Å²) in [5.41, 5.74) is -1.37. The smallest absolute Gasteiger partial charge is 0.258 e. The first-order chi connectivity index (χ1) is 8.84. The topological polar surface area (TPSA) is 78.8 Å². The predicted molar refractivity (Wildman–Crippen MR) is 70.3 cm³/mol. The first-order valence-corrected chi connectivity index (χ1v) is 6.31. The summed E-state index contributed by atoms with van der Waals surface area (Å²) < 4.78 is 18.4. The highest BCUT2D eigenvalue weighted by atomic mass is 79.9. The second-order valence-electron chi connectivity index (χ2n) is 4.30. The number of ether oxygens (including phenoxy) is 1. The molecule has 7 heteroatoms. The fraction of sp³-hybridized carbons (Fsp3) is 0.417. The Labute approximate surface area is 118 Å². The molecule has 0 heterocycles. The molecule has 1 aromatic rings. The van der Waals surface area contributed by atoms with Crippen molar-refractivity contribution in [3.63, 3.8) is 0 Å². The van der Waals surface area contributed by atoms with Crippen molar-refractivity contribution in [1.29, 1.82) is 0 Å². The number of carbonyl (C=O) groups excluding carboxylic acids is 1. The number of carbonyl (C=O) groups is 1. The van der Waals surface area contributed by atoms with Crippen LogP contribution in [-0.4, -0.2) is 41.5 Å². The Morgan fingerprint density at radius 1 is 1.58 bits per heavy atom. The minimum atomic E-state index is -1.37. The highest BCUT2D eigenvalue weighted by Gasteiger charge is 2.19. The summed E-state index contributed by atoms with van der Waals surface area (Å²) in [6, 6.07) is 3.84. The van der Waals surface area contributed by atoms with E-state index in [1.54, 1.807) is 0 Å². The van der Waals surface area contributed by atoms with Gasteiger partial charge in [-0.3, -0.25) is 4.79 Å². The number of hydrogen-bond donors (Lipinski definition) is 3. The Bertz CT molecular complexity index is 453. The van der Waals surface area contributed by atoms with Gasteiger partial charge in [0, 0.05) is 6.54 Å². The lowest BCUT2D eigenvalue weighted by molar-refractivity contribution is -0.124. The van der Waals surface area contributed by atoms with Crippen LogP contribution >= 0.6 is 15.9 Å². The number of aliphatic hydroxyl groups excluding tert-OH is 1. The zero-order chi connectivity index (χ0) is 14.5. The molecule has 0 aliphatic carbocycles. The molecule has 0 radical (unpaired) electrons. The Balaban J connectivity index is 2.42. The van der Waals surface area contributed by atoms with Crippen LogP contribution < -0.4 is 10.1 Å². The van der Waals surface area contributed by atoms with Gasteiger partial charge in [-0.25, -0.2) is 4.39 Å². The molecule has 3 N–H and O–H groups in total. The summed E-state index contributed by atoms with van der Waals surface area (Å²) >= 11 is 3.11. The Hall–Kier alpha value is -1.18. The average Bonchev–Trinajstić information content (AvgIpc) is 2.35. The average molecular weight is 336 g/mol. The van der Waals surface area contributed by atoms with Gasteiger partial charge in [0.1, 0.15) is 17.2 Å². The number of benzene rings is 1. The SMILES string of the molecule is CC(O)(CO)CNC(=O)COc1ccc(F)cc1Br. The zero-order valence-electron chi connectivity index (χ0n) is 10.3. The third kappa shape index (κ3) is 5.54. The van der Waals surface area contributed by atoms with Crippen molar-refractivity contribution >= 4 is 21.8 Å². The standard InChI is InChI=1S/C12H15BrFNO4/c1-12(18,7-16)6-15-11(17)5-19-10-3-2-8(14)4-9(10)13/h2-4,16,18H,5-7H2,1H3,(H,15,17). The van der Waals surface area contributed by atoms with E-state index in [2.05, 4.69) is 21.2 Å². The molecule has 0 aliphatic heterocycles. The van der Waals surface area contributed by atoms with Crippen LogP contribution in [0.25, 0.3) is 0 Å². The van der Waals surface area contributed by atoms with Gasteiger partial charge in [-0.05, 0) is 41.1 Å². The van der Waals surface area contributed by atoms with Crippen LogP contribution in [0.3, 0.4) is 0 Å². The van der Waals surface area contributed by atoms with Gasteiger partial charge in [-0.1, -0.05) is 0 Å². The van der Waals surface area contributed by atoms with Crippen LogP contribution in [0.15, 0.2) is 22.7 Å². The molecule has 1 amide bonds. The molecule has 106 valence electrons. The van der Waals surface area contributed by atoms with Crippen LogP contribution in [0.5, 0.6) is 5.75 Å². The Morgan fingerprint density at radius 3 is 2.84 bits per heavy atom. The second kappa shape index (κ2) is 6.83. The van der Waals surface area contributed by atoms with Crippen LogP contribution in [0.2, 0.25) is 0 Å². The van der Waals surface area contributed by atoms with Crippen molar-refractivity contribution in [2.24, 2.45) is 0 Å². The van der Waals surface area contributed by atoms with Crippen molar-refractivity contribution in [1.82, 2.24) is 5.32 Å². The van der Waals surface area contributed by atoms with Gasteiger partial charge in [0.2, 0.25) is 0 Å². The molecule has 1 atom stereocenters. The fourth-order valence-corrected chi connectivity index (χ4v) is 1.60. The van der Waals surface area contributed by atoms with E-state index in [1.807, 2.05) is 0 Å². The van der Waals surface area contributed by atoms with Gasteiger partial charge in [0.25, 0.3) is 5.91 Å². The quantitative estimate of drug-likeness (QED) is 0.719. The van der Waals surface area contributed by atoms with Crippen molar-refractivity contribution in [2.75, 3.05) is 19.8 Å². The normalized spacial score (nSPS) is 13.7. The molecular formula is C12H15BrFNO4. The Morgan fingerprint density at radius 2 is 2.26 bits per heavy atom. The van der Waals surface area contributed by atoms with Crippen LogP contribution in [0.1, 0.15) is 6.92 Å². The molecule has 0 saturated heterocycles. The van der Waals surface area contributed by atoms with Crippen molar-refractivity contribution in [3.05, 3.63) is 28.5 Å². The van der Waals surface area contributed by atoms with Crippen molar-refractivity contribution in [3.8, 4) is 5.75 Å². The molecule has 19 heavy (non-hydrogen) atoms.